The van der Waals surface area contributed by atoms with Crippen LogP contribution in [0.4, 0.5) is 12.9 Å². The molecule has 0 N–H and O–H groups in total. The molecule has 0 amide bonds. The van der Waals surface area contributed by atoms with Gasteiger partial charge in [-0.1, -0.05) is 30.1 Å². The fourth-order valence-electron chi connectivity index (χ4n) is 2.63. The first kappa shape index (κ1) is 16.2. The Kier molecular flexibility index (Phi) is 5.97. The van der Waals surface area contributed by atoms with Crippen LogP contribution in [0.3, 0.4) is 0 Å². The van der Waals surface area contributed by atoms with Crippen molar-refractivity contribution in [3.8, 4) is 5.75 Å². The van der Waals surface area contributed by atoms with Crippen molar-refractivity contribution in [2.45, 2.75) is 32.1 Å². The van der Waals surface area contributed by atoms with Crippen LogP contribution in [0.15, 0.2) is 24.3 Å². The number of benzene rings is 1. The third-order valence-electron chi connectivity index (χ3n) is 3.88. The SMILES string of the molecule is F[B-](F)(F)c1ccccc1OCCCCC1CCOCC1. The second kappa shape index (κ2) is 7.73. The number of rotatable bonds is 7. The quantitative estimate of drug-likeness (QED) is 0.564. The normalized spacial score (nSPS) is 16.9. The van der Waals surface area contributed by atoms with E-state index in [2.05, 4.69) is 0 Å². The third-order valence-corrected chi connectivity index (χ3v) is 3.88. The molecule has 0 saturated carbocycles. The van der Waals surface area contributed by atoms with Crippen LogP contribution in [0.1, 0.15) is 32.1 Å². The molecule has 6 heteroatoms. The number of para-hydroxylation sites is 1. The van der Waals surface area contributed by atoms with Crippen LogP contribution in [0.5, 0.6) is 5.75 Å². The van der Waals surface area contributed by atoms with Gasteiger partial charge in [0.05, 0.1) is 12.4 Å². The molecule has 1 fully saturated rings. The average molecular weight is 301 g/mol. The van der Waals surface area contributed by atoms with Gasteiger partial charge in [-0.25, -0.2) is 0 Å². The lowest BCUT2D eigenvalue weighted by atomic mass is 9.79. The summed E-state index contributed by atoms with van der Waals surface area (Å²) in [5.74, 6) is 0.653. The van der Waals surface area contributed by atoms with Gasteiger partial charge in [0.25, 0.3) is 0 Å². The summed E-state index contributed by atoms with van der Waals surface area (Å²) in [5, 5.41) is 0. The van der Waals surface area contributed by atoms with Crippen LogP contribution in [-0.2, 0) is 4.74 Å². The van der Waals surface area contributed by atoms with Crippen LogP contribution >= 0.6 is 0 Å². The predicted molar refractivity (Wildman–Crippen MR) is 78.0 cm³/mol. The standard InChI is InChI=1S/C15H21BF3O2/c17-16(18,19)14-6-1-2-7-15(14)21-10-4-3-5-13-8-11-20-12-9-13/h1-2,6-7,13H,3-5,8-12H2/q-1. The number of unbranched alkanes of at least 4 members (excludes halogenated alkanes) is 1. The first-order valence-electron chi connectivity index (χ1n) is 7.57. The zero-order valence-corrected chi connectivity index (χ0v) is 12.1. The van der Waals surface area contributed by atoms with Crippen LogP contribution in [0.2, 0.25) is 0 Å². The Morgan fingerprint density at radius 2 is 1.81 bits per heavy atom. The molecule has 21 heavy (non-hydrogen) atoms. The van der Waals surface area contributed by atoms with Crippen molar-refractivity contribution in [3.05, 3.63) is 24.3 Å². The summed E-state index contributed by atoms with van der Waals surface area (Å²) < 4.78 is 49.1. The van der Waals surface area contributed by atoms with Gasteiger partial charge in [0, 0.05) is 13.2 Å². The van der Waals surface area contributed by atoms with E-state index in [0.717, 1.165) is 51.4 Å². The van der Waals surface area contributed by atoms with Crippen molar-refractivity contribution in [2.75, 3.05) is 19.8 Å². The second-order valence-electron chi connectivity index (χ2n) is 5.51. The molecule has 0 aromatic heterocycles. The zero-order valence-electron chi connectivity index (χ0n) is 12.1. The first-order valence-corrected chi connectivity index (χ1v) is 7.57. The van der Waals surface area contributed by atoms with Crippen LogP contribution in [0.25, 0.3) is 0 Å². The van der Waals surface area contributed by atoms with E-state index in [1.807, 2.05) is 0 Å². The summed E-state index contributed by atoms with van der Waals surface area (Å²) in [5.41, 5.74) is -0.637. The van der Waals surface area contributed by atoms with Crippen LogP contribution in [0, 0.1) is 5.92 Å². The van der Waals surface area contributed by atoms with E-state index < -0.39 is 12.4 Å². The van der Waals surface area contributed by atoms with E-state index in [4.69, 9.17) is 9.47 Å². The van der Waals surface area contributed by atoms with Gasteiger partial charge < -0.3 is 22.4 Å². The summed E-state index contributed by atoms with van der Waals surface area (Å²) in [7, 11) is 0. The molecule has 2 rings (SSSR count). The number of hydrogen-bond acceptors (Lipinski definition) is 2. The largest absolute Gasteiger partial charge is 0.513 e. The highest BCUT2D eigenvalue weighted by molar-refractivity contribution is 6.74. The highest BCUT2D eigenvalue weighted by Gasteiger charge is 2.28. The lowest BCUT2D eigenvalue weighted by molar-refractivity contribution is 0.0628. The van der Waals surface area contributed by atoms with Gasteiger partial charge in [0.15, 0.2) is 0 Å². The molecule has 1 aliphatic rings. The van der Waals surface area contributed by atoms with E-state index in [1.54, 1.807) is 6.07 Å². The fourth-order valence-corrected chi connectivity index (χ4v) is 2.63. The minimum atomic E-state index is -5.01. The third kappa shape index (κ3) is 5.27. The maximum Gasteiger partial charge on any atom is 0.513 e. The maximum atomic E-state index is 12.8. The molecule has 1 aromatic carbocycles. The highest BCUT2D eigenvalue weighted by atomic mass is 19.4. The van der Waals surface area contributed by atoms with Crippen LogP contribution < -0.4 is 10.2 Å². The molecule has 0 atom stereocenters. The van der Waals surface area contributed by atoms with E-state index in [1.165, 1.54) is 12.1 Å². The molecule has 1 saturated heterocycles. The molecular formula is C15H21BF3O2-. The molecule has 0 bridgehead atoms. The lowest BCUT2D eigenvalue weighted by Crippen LogP contribution is -2.35. The molecule has 0 unspecified atom stereocenters. The Hall–Kier alpha value is -1.17. The van der Waals surface area contributed by atoms with Gasteiger partial charge >= 0.3 is 6.98 Å². The van der Waals surface area contributed by atoms with Gasteiger partial charge in [-0.15, -0.1) is 0 Å². The minimum Gasteiger partial charge on any atom is -0.497 e. The van der Waals surface area contributed by atoms with Gasteiger partial charge in [-0.05, 0) is 37.7 Å². The molecule has 0 spiro atoms. The molecule has 1 aliphatic heterocycles. The Bertz CT molecular complexity index is 431. The summed E-state index contributed by atoms with van der Waals surface area (Å²) in [4.78, 5) is 0. The smallest absolute Gasteiger partial charge is 0.497 e. The Morgan fingerprint density at radius 3 is 2.52 bits per heavy atom. The van der Waals surface area contributed by atoms with E-state index in [-0.39, 0.29) is 5.75 Å². The van der Waals surface area contributed by atoms with Crippen molar-refractivity contribution in [1.29, 1.82) is 0 Å². The fraction of sp³-hybridized carbons (Fsp3) is 0.600. The average Bonchev–Trinajstić information content (AvgIpc) is 2.47. The predicted octanol–water partition coefficient (Wildman–Crippen LogP) is 3.72. The highest BCUT2D eigenvalue weighted by Crippen LogP contribution is 2.21. The zero-order chi connectivity index (χ0) is 15.1. The molecule has 1 heterocycles. The topological polar surface area (TPSA) is 18.5 Å². The Balaban J connectivity index is 1.71. The van der Waals surface area contributed by atoms with Crippen molar-refractivity contribution < 1.29 is 22.4 Å². The van der Waals surface area contributed by atoms with Crippen molar-refractivity contribution >= 4 is 12.4 Å². The summed E-state index contributed by atoms with van der Waals surface area (Å²) in [6, 6.07) is 5.44. The molecule has 2 nitrogen and oxygen atoms in total. The van der Waals surface area contributed by atoms with E-state index in [9.17, 15) is 12.9 Å². The molecule has 0 aliphatic carbocycles. The van der Waals surface area contributed by atoms with Crippen LogP contribution in [-0.4, -0.2) is 26.8 Å². The van der Waals surface area contributed by atoms with Crippen molar-refractivity contribution in [1.82, 2.24) is 0 Å². The minimum absolute atomic E-state index is 0.0453. The molecule has 0 radical (unpaired) electrons. The summed E-state index contributed by atoms with van der Waals surface area (Å²) >= 11 is 0. The Labute approximate surface area is 123 Å². The van der Waals surface area contributed by atoms with Crippen molar-refractivity contribution in [3.63, 3.8) is 0 Å². The Morgan fingerprint density at radius 1 is 1.10 bits per heavy atom. The molecule has 118 valence electrons. The molecular weight excluding hydrogens is 280 g/mol. The maximum absolute atomic E-state index is 12.8. The number of halogens is 3. The monoisotopic (exact) mass is 301 g/mol. The molecule has 1 aromatic rings. The van der Waals surface area contributed by atoms with E-state index >= 15 is 0 Å². The first-order chi connectivity index (χ1) is 10.1. The van der Waals surface area contributed by atoms with Gasteiger partial charge in [-0.2, -0.15) is 0 Å². The summed E-state index contributed by atoms with van der Waals surface area (Å²) in [6.07, 6.45) is 5.08. The summed E-state index contributed by atoms with van der Waals surface area (Å²) in [6.45, 7) is -3.00. The van der Waals surface area contributed by atoms with Gasteiger partial charge in [-0.3, -0.25) is 0 Å². The van der Waals surface area contributed by atoms with E-state index in [0.29, 0.717) is 12.5 Å². The number of ether oxygens (including phenoxy) is 2. The van der Waals surface area contributed by atoms with Gasteiger partial charge in [0.2, 0.25) is 0 Å². The number of hydrogen-bond donors (Lipinski definition) is 0. The van der Waals surface area contributed by atoms with Gasteiger partial charge in [0.1, 0.15) is 0 Å². The van der Waals surface area contributed by atoms with Crippen molar-refractivity contribution in [2.24, 2.45) is 5.92 Å². The lowest BCUT2D eigenvalue weighted by Gasteiger charge is -2.22. The second-order valence-corrected chi connectivity index (χ2v) is 5.51.